The van der Waals surface area contributed by atoms with Crippen molar-refractivity contribution >= 4 is 28.7 Å². The van der Waals surface area contributed by atoms with Crippen LogP contribution >= 0.6 is 0 Å². The topological polar surface area (TPSA) is 126 Å². The summed E-state index contributed by atoms with van der Waals surface area (Å²) in [7, 11) is 0. The number of benzene rings is 1. The maximum absolute atomic E-state index is 12.1. The van der Waals surface area contributed by atoms with Crippen molar-refractivity contribution in [3.05, 3.63) is 41.2 Å². The summed E-state index contributed by atoms with van der Waals surface area (Å²) in [6, 6.07) is 7.58. The molecular formula is C20H22N6O2. The lowest BCUT2D eigenvalue weighted by atomic mass is 10.0. The first kappa shape index (κ1) is 18.0. The number of aromatic nitrogens is 3. The molecule has 4 rings (SSSR count). The third-order valence-electron chi connectivity index (χ3n) is 5.01. The van der Waals surface area contributed by atoms with E-state index in [1.165, 1.54) is 0 Å². The van der Waals surface area contributed by atoms with Gasteiger partial charge in [-0.05, 0) is 32.9 Å². The van der Waals surface area contributed by atoms with Crippen molar-refractivity contribution < 1.29 is 9.59 Å². The molecule has 0 bridgehead atoms. The first-order chi connectivity index (χ1) is 13.3. The number of nitrogens with zero attached hydrogens (tertiary/aromatic N) is 2. The van der Waals surface area contributed by atoms with Gasteiger partial charge in [-0.25, -0.2) is 9.97 Å². The molecule has 2 amide bonds. The maximum atomic E-state index is 12.1. The molecule has 1 aliphatic rings. The van der Waals surface area contributed by atoms with E-state index in [1.54, 1.807) is 13.8 Å². The van der Waals surface area contributed by atoms with Gasteiger partial charge in [0.1, 0.15) is 16.9 Å². The number of para-hydroxylation sites is 1. The van der Waals surface area contributed by atoms with Crippen LogP contribution < -0.4 is 16.4 Å². The van der Waals surface area contributed by atoms with Crippen LogP contribution in [0.5, 0.6) is 0 Å². The summed E-state index contributed by atoms with van der Waals surface area (Å²) < 4.78 is 0. The number of fused-ring (bicyclic) bond motifs is 2. The number of amides is 2. The zero-order chi connectivity index (χ0) is 20.1. The van der Waals surface area contributed by atoms with Crippen LogP contribution in [0.25, 0.3) is 22.3 Å². The van der Waals surface area contributed by atoms with E-state index in [-0.39, 0.29) is 5.91 Å². The smallest absolute Gasteiger partial charge is 0.253 e. The minimum atomic E-state index is -0.967. The summed E-state index contributed by atoms with van der Waals surface area (Å²) in [6.07, 6.45) is 0.760. The van der Waals surface area contributed by atoms with Crippen molar-refractivity contribution in [2.75, 3.05) is 11.9 Å². The number of nitrogens with one attached hydrogen (secondary N) is 3. The van der Waals surface area contributed by atoms with Gasteiger partial charge in [-0.1, -0.05) is 12.1 Å². The van der Waals surface area contributed by atoms with Crippen molar-refractivity contribution in [2.45, 2.75) is 32.7 Å². The molecule has 1 aromatic carbocycles. The molecule has 0 atom stereocenters. The van der Waals surface area contributed by atoms with E-state index in [9.17, 15) is 9.59 Å². The number of primary amides is 1. The highest BCUT2D eigenvalue weighted by atomic mass is 16.2. The SMILES string of the molecule is Cc1nc2cccc(-c3cc4c([nH]3)CCNC4=O)c2nc1NC(C)(C)C(N)=O. The summed E-state index contributed by atoms with van der Waals surface area (Å²) in [5.74, 6) is -0.0561. The minimum Gasteiger partial charge on any atom is -0.368 e. The van der Waals surface area contributed by atoms with Gasteiger partial charge in [-0.15, -0.1) is 0 Å². The second kappa shape index (κ2) is 6.33. The molecule has 0 saturated heterocycles. The van der Waals surface area contributed by atoms with E-state index >= 15 is 0 Å². The van der Waals surface area contributed by atoms with Crippen molar-refractivity contribution in [1.82, 2.24) is 20.3 Å². The normalized spacial score (nSPS) is 13.9. The number of H-pyrrole nitrogens is 1. The van der Waals surface area contributed by atoms with Crippen molar-refractivity contribution in [3.8, 4) is 11.3 Å². The monoisotopic (exact) mass is 378 g/mol. The predicted octanol–water partition coefficient (Wildman–Crippen LogP) is 1.90. The highest BCUT2D eigenvalue weighted by molar-refractivity contribution is 5.99. The molecule has 3 heterocycles. The Morgan fingerprint density at radius 2 is 2.04 bits per heavy atom. The van der Waals surface area contributed by atoms with Crippen LogP contribution in [0, 0.1) is 6.92 Å². The zero-order valence-corrected chi connectivity index (χ0v) is 16.0. The number of anilines is 1. The van der Waals surface area contributed by atoms with Gasteiger partial charge in [0, 0.05) is 29.9 Å². The summed E-state index contributed by atoms with van der Waals surface area (Å²) in [5.41, 5.74) is 9.82. The third kappa shape index (κ3) is 2.96. The van der Waals surface area contributed by atoms with Gasteiger partial charge in [-0.2, -0.15) is 0 Å². The van der Waals surface area contributed by atoms with Gasteiger partial charge < -0.3 is 21.4 Å². The Balaban J connectivity index is 1.85. The van der Waals surface area contributed by atoms with Gasteiger partial charge in [0.2, 0.25) is 5.91 Å². The average molecular weight is 378 g/mol. The Morgan fingerprint density at radius 1 is 1.25 bits per heavy atom. The van der Waals surface area contributed by atoms with E-state index in [4.69, 9.17) is 10.7 Å². The molecule has 0 fully saturated rings. The Labute approximate surface area is 161 Å². The molecule has 1 aliphatic heterocycles. The lowest BCUT2D eigenvalue weighted by molar-refractivity contribution is -0.121. The molecule has 0 unspecified atom stereocenters. The molecule has 0 aliphatic carbocycles. The largest absolute Gasteiger partial charge is 0.368 e. The number of carbonyl (C=O) groups is 2. The van der Waals surface area contributed by atoms with E-state index in [0.29, 0.717) is 29.1 Å². The molecule has 5 N–H and O–H groups in total. The molecule has 0 saturated carbocycles. The van der Waals surface area contributed by atoms with Crippen LogP contribution in [0.1, 0.15) is 35.6 Å². The number of aromatic amines is 1. The van der Waals surface area contributed by atoms with Crippen LogP contribution in [0.4, 0.5) is 5.82 Å². The molecule has 0 spiro atoms. The fourth-order valence-corrected chi connectivity index (χ4v) is 3.30. The average Bonchev–Trinajstić information content (AvgIpc) is 3.07. The predicted molar refractivity (Wildman–Crippen MR) is 107 cm³/mol. The van der Waals surface area contributed by atoms with Crippen LogP contribution in [-0.4, -0.2) is 38.8 Å². The Hall–Kier alpha value is -3.42. The van der Waals surface area contributed by atoms with Gasteiger partial charge in [0.05, 0.1) is 16.8 Å². The highest BCUT2D eigenvalue weighted by Gasteiger charge is 2.26. The van der Waals surface area contributed by atoms with E-state index in [1.807, 2.05) is 31.2 Å². The van der Waals surface area contributed by atoms with Crippen molar-refractivity contribution in [2.24, 2.45) is 5.73 Å². The van der Waals surface area contributed by atoms with Gasteiger partial charge in [0.25, 0.3) is 5.91 Å². The zero-order valence-electron chi connectivity index (χ0n) is 16.0. The molecule has 0 radical (unpaired) electrons. The highest BCUT2D eigenvalue weighted by Crippen LogP contribution is 2.30. The Morgan fingerprint density at radius 3 is 2.75 bits per heavy atom. The summed E-state index contributed by atoms with van der Waals surface area (Å²) in [4.78, 5) is 36.5. The number of carbonyl (C=O) groups excluding carboxylic acids is 2. The molecule has 3 aromatic rings. The fraction of sp³-hybridized carbons (Fsp3) is 0.300. The molecular weight excluding hydrogens is 356 g/mol. The van der Waals surface area contributed by atoms with Crippen LogP contribution in [0.3, 0.4) is 0 Å². The van der Waals surface area contributed by atoms with Crippen LogP contribution in [0.2, 0.25) is 0 Å². The summed E-state index contributed by atoms with van der Waals surface area (Å²) in [6.45, 7) is 5.85. The Kier molecular flexibility index (Phi) is 4.06. The molecule has 8 nitrogen and oxygen atoms in total. The van der Waals surface area contributed by atoms with E-state index in [0.717, 1.165) is 28.9 Å². The standard InChI is InChI=1S/C20H22N6O2/c1-10-17(26-20(2,3)19(21)28)25-16-11(5-4-6-14(16)23-10)15-9-12-13(24-15)7-8-22-18(12)27/h4-6,9,24H,7-8H2,1-3H3,(H2,21,28)(H,22,27)(H,25,26). The lowest BCUT2D eigenvalue weighted by Gasteiger charge is -2.24. The number of nitrogens with two attached hydrogens (primary N) is 1. The van der Waals surface area contributed by atoms with E-state index < -0.39 is 11.4 Å². The molecule has 8 heteroatoms. The third-order valence-corrected chi connectivity index (χ3v) is 5.01. The number of aryl methyl sites for hydroxylation is 1. The number of hydrogen-bond acceptors (Lipinski definition) is 5. The van der Waals surface area contributed by atoms with Crippen LogP contribution in [0.15, 0.2) is 24.3 Å². The first-order valence-corrected chi connectivity index (χ1v) is 9.12. The first-order valence-electron chi connectivity index (χ1n) is 9.12. The quantitative estimate of drug-likeness (QED) is 0.552. The lowest BCUT2D eigenvalue weighted by Crippen LogP contribution is -2.45. The minimum absolute atomic E-state index is 0.0727. The van der Waals surface area contributed by atoms with Crippen molar-refractivity contribution in [3.63, 3.8) is 0 Å². The number of rotatable bonds is 4. The second-order valence-electron chi connectivity index (χ2n) is 7.53. The summed E-state index contributed by atoms with van der Waals surface area (Å²) in [5, 5.41) is 5.94. The van der Waals surface area contributed by atoms with Gasteiger partial charge >= 0.3 is 0 Å². The van der Waals surface area contributed by atoms with Gasteiger partial charge in [0.15, 0.2) is 0 Å². The van der Waals surface area contributed by atoms with Crippen LogP contribution in [-0.2, 0) is 11.2 Å². The molecule has 28 heavy (non-hydrogen) atoms. The number of hydrogen-bond donors (Lipinski definition) is 4. The van der Waals surface area contributed by atoms with Gasteiger partial charge in [-0.3, -0.25) is 9.59 Å². The van der Waals surface area contributed by atoms with Crippen molar-refractivity contribution in [1.29, 1.82) is 0 Å². The summed E-state index contributed by atoms with van der Waals surface area (Å²) >= 11 is 0. The van der Waals surface area contributed by atoms with E-state index in [2.05, 4.69) is 20.6 Å². The fourth-order valence-electron chi connectivity index (χ4n) is 3.30. The molecule has 2 aromatic heterocycles. The maximum Gasteiger partial charge on any atom is 0.253 e. The second-order valence-corrected chi connectivity index (χ2v) is 7.53. The Bertz CT molecular complexity index is 1120. The molecule has 144 valence electrons.